The highest BCUT2D eigenvalue weighted by Gasteiger charge is 2.37. The highest BCUT2D eigenvalue weighted by atomic mass is 35.5. The molecule has 20 heavy (non-hydrogen) atoms. The molecule has 0 heterocycles. The smallest absolute Gasteiger partial charge is 0.319 e. The van der Waals surface area contributed by atoms with Gasteiger partial charge >= 0.3 is 5.97 Å². The van der Waals surface area contributed by atoms with Crippen LogP contribution in [0.15, 0.2) is 18.2 Å². The van der Waals surface area contributed by atoms with Crippen molar-refractivity contribution in [2.75, 3.05) is 13.2 Å². The first kappa shape index (κ1) is 16.8. The minimum Gasteiger partial charge on any atom is -0.484 e. The van der Waals surface area contributed by atoms with E-state index in [-0.39, 0.29) is 18.2 Å². The minimum atomic E-state index is -1.26. The number of ether oxygens (including phenoxy) is 2. The molecule has 110 valence electrons. The molecule has 6 heteroatoms. The summed E-state index contributed by atoms with van der Waals surface area (Å²) in [5, 5.41) is 0.567. The Kier molecular flexibility index (Phi) is 5.84. The largest absolute Gasteiger partial charge is 0.484 e. The van der Waals surface area contributed by atoms with Crippen LogP contribution in [-0.2, 0) is 14.3 Å². The first-order valence-electron chi connectivity index (χ1n) is 6.08. The van der Waals surface area contributed by atoms with Crippen LogP contribution in [0.25, 0.3) is 0 Å². The second kappa shape index (κ2) is 6.95. The van der Waals surface area contributed by atoms with E-state index >= 15 is 0 Å². The van der Waals surface area contributed by atoms with Crippen LogP contribution in [0.4, 0.5) is 0 Å². The zero-order valence-corrected chi connectivity index (χ0v) is 13.0. The molecule has 1 aromatic rings. The summed E-state index contributed by atoms with van der Waals surface area (Å²) in [5.74, 6) is -0.676. The van der Waals surface area contributed by atoms with Gasteiger partial charge in [0.15, 0.2) is 5.78 Å². The lowest BCUT2D eigenvalue weighted by atomic mass is 9.88. The number of Topliss-reactive ketones (excluding diaryl/α,β-unsaturated/α-hetero) is 1. The Morgan fingerprint density at radius 2 is 1.90 bits per heavy atom. The van der Waals surface area contributed by atoms with Gasteiger partial charge in [-0.15, -0.1) is 0 Å². The van der Waals surface area contributed by atoms with E-state index in [2.05, 4.69) is 0 Å². The summed E-state index contributed by atoms with van der Waals surface area (Å²) in [7, 11) is 0. The maximum atomic E-state index is 12.0. The van der Waals surface area contributed by atoms with Gasteiger partial charge in [-0.1, -0.05) is 29.3 Å². The molecule has 0 aliphatic carbocycles. The number of carbonyl (C=O) groups excluding carboxylic acids is 2. The monoisotopic (exact) mass is 318 g/mol. The van der Waals surface area contributed by atoms with Crippen LogP contribution in [0.1, 0.15) is 20.8 Å². The third kappa shape index (κ3) is 3.87. The minimum absolute atomic E-state index is 0.219. The molecule has 0 saturated carbocycles. The highest BCUT2D eigenvalue weighted by molar-refractivity contribution is 6.42. The van der Waals surface area contributed by atoms with Gasteiger partial charge in [0.25, 0.3) is 0 Å². The third-order valence-electron chi connectivity index (χ3n) is 2.76. The molecule has 0 atom stereocenters. The Morgan fingerprint density at radius 1 is 1.25 bits per heavy atom. The maximum Gasteiger partial charge on any atom is 0.319 e. The zero-order valence-electron chi connectivity index (χ0n) is 11.5. The van der Waals surface area contributed by atoms with Gasteiger partial charge in [0.05, 0.1) is 11.6 Å². The van der Waals surface area contributed by atoms with Gasteiger partial charge in [-0.2, -0.15) is 0 Å². The molecule has 0 saturated heterocycles. The van der Waals surface area contributed by atoms with Crippen molar-refractivity contribution in [3.05, 3.63) is 28.2 Å². The van der Waals surface area contributed by atoms with Crippen molar-refractivity contribution < 1.29 is 19.1 Å². The van der Waals surface area contributed by atoms with Gasteiger partial charge in [-0.05, 0) is 32.9 Å². The van der Waals surface area contributed by atoms with Crippen LogP contribution in [-0.4, -0.2) is 25.0 Å². The molecule has 0 amide bonds. The summed E-state index contributed by atoms with van der Waals surface area (Å²) in [6, 6.07) is 4.87. The van der Waals surface area contributed by atoms with Gasteiger partial charge < -0.3 is 9.47 Å². The zero-order chi connectivity index (χ0) is 15.3. The summed E-state index contributed by atoms with van der Waals surface area (Å²) in [6.45, 7) is 4.61. The fourth-order valence-corrected chi connectivity index (χ4v) is 1.69. The molecule has 1 aromatic carbocycles. The number of carbonyl (C=O) groups is 2. The van der Waals surface area contributed by atoms with Crippen LogP contribution in [0.2, 0.25) is 10.0 Å². The second-order valence-electron chi connectivity index (χ2n) is 4.61. The predicted octanol–water partition coefficient (Wildman–Crippen LogP) is 3.53. The quantitative estimate of drug-likeness (QED) is 0.594. The van der Waals surface area contributed by atoms with Crippen LogP contribution in [0, 0.1) is 5.41 Å². The number of halogens is 2. The molecule has 4 nitrogen and oxygen atoms in total. The van der Waals surface area contributed by atoms with Crippen LogP contribution < -0.4 is 4.74 Å². The molecule has 0 N–H and O–H groups in total. The number of hydrogen-bond acceptors (Lipinski definition) is 4. The molecule has 0 radical (unpaired) electrons. The number of hydrogen-bond donors (Lipinski definition) is 0. The van der Waals surface area contributed by atoms with E-state index in [0.717, 1.165) is 0 Å². The average Bonchev–Trinajstić information content (AvgIpc) is 2.40. The fraction of sp³-hybridized carbons (Fsp3) is 0.429. The first-order chi connectivity index (χ1) is 9.30. The Bertz CT molecular complexity index is 512. The SMILES string of the molecule is CCOC(=O)C(C)(C)C(=O)COc1cccc(Cl)c1Cl. The molecular weight excluding hydrogens is 303 g/mol. The second-order valence-corrected chi connectivity index (χ2v) is 5.39. The lowest BCUT2D eigenvalue weighted by Gasteiger charge is -2.21. The molecule has 0 unspecified atom stereocenters. The molecule has 0 aliphatic heterocycles. The lowest BCUT2D eigenvalue weighted by Crippen LogP contribution is -2.38. The number of rotatable bonds is 6. The Balaban J connectivity index is 2.72. The van der Waals surface area contributed by atoms with Crippen molar-refractivity contribution in [2.45, 2.75) is 20.8 Å². The summed E-state index contributed by atoms with van der Waals surface area (Å²) in [6.07, 6.45) is 0. The van der Waals surface area contributed by atoms with Crippen LogP contribution in [0.5, 0.6) is 5.75 Å². The van der Waals surface area contributed by atoms with Gasteiger partial charge in [0.1, 0.15) is 22.8 Å². The summed E-state index contributed by atoms with van der Waals surface area (Å²) in [4.78, 5) is 23.7. The van der Waals surface area contributed by atoms with Crippen molar-refractivity contribution in [3.8, 4) is 5.75 Å². The summed E-state index contributed by atoms with van der Waals surface area (Å²) in [5.41, 5.74) is -1.26. The first-order valence-corrected chi connectivity index (χ1v) is 6.83. The standard InChI is InChI=1S/C14H16Cl2O4/c1-4-19-13(18)14(2,3)11(17)8-20-10-7-5-6-9(15)12(10)16/h5-7H,4,8H2,1-3H3. The van der Waals surface area contributed by atoms with Crippen molar-refractivity contribution in [1.82, 2.24) is 0 Å². The van der Waals surface area contributed by atoms with E-state index < -0.39 is 17.2 Å². The highest BCUT2D eigenvalue weighted by Crippen LogP contribution is 2.31. The topological polar surface area (TPSA) is 52.6 Å². The van der Waals surface area contributed by atoms with E-state index in [0.29, 0.717) is 10.8 Å². The number of benzene rings is 1. The van der Waals surface area contributed by atoms with Crippen molar-refractivity contribution in [2.24, 2.45) is 5.41 Å². The third-order valence-corrected chi connectivity index (χ3v) is 3.56. The normalized spacial score (nSPS) is 11.1. The average molecular weight is 319 g/mol. The van der Waals surface area contributed by atoms with E-state index in [4.69, 9.17) is 32.7 Å². The van der Waals surface area contributed by atoms with Gasteiger partial charge in [-0.25, -0.2) is 0 Å². The fourth-order valence-electron chi connectivity index (χ4n) is 1.34. The van der Waals surface area contributed by atoms with Crippen LogP contribution in [0.3, 0.4) is 0 Å². The molecule has 0 aliphatic rings. The van der Waals surface area contributed by atoms with Crippen molar-refractivity contribution in [1.29, 1.82) is 0 Å². The number of esters is 1. The molecule has 0 aromatic heterocycles. The number of ketones is 1. The van der Waals surface area contributed by atoms with Crippen LogP contribution >= 0.6 is 23.2 Å². The van der Waals surface area contributed by atoms with Gasteiger partial charge in [-0.3, -0.25) is 9.59 Å². The van der Waals surface area contributed by atoms with Gasteiger partial charge in [0.2, 0.25) is 0 Å². The van der Waals surface area contributed by atoms with E-state index in [9.17, 15) is 9.59 Å². The molecule has 0 spiro atoms. The van der Waals surface area contributed by atoms with Crippen molar-refractivity contribution in [3.63, 3.8) is 0 Å². The maximum absolute atomic E-state index is 12.0. The van der Waals surface area contributed by atoms with E-state index in [1.54, 1.807) is 25.1 Å². The summed E-state index contributed by atoms with van der Waals surface area (Å²) < 4.78 is 10.2. The van der Waals surface area contributed by atoms with Gasteiger partial charge in [0, 0.05) is 0 Å². The van der Waals surface area contributed by atoms with E-state index in [1.165, 1.54) is 13.8 Å². The Hall–Kier alpha value is -1.26. The molecule has 0 bridgehead atoms. The predicted molar refractivity (Wildman–Crippen MR) is 77.4 cm³/mol. The molecular formula is C14H16Cl2O4. The molecule has 1 rings (SSSR count). The van der Waals surface area contributed by atoms with Crippen molar-refractivity contribution >= 4 is 35.0 Å². The lowest BCUT2D eigenvalue weighted by molar-refractivity contribution is -0.158. The Labute approximate surface area is 128 Å². The Morgan fingerprint density at radius 3 is 2.50 bits per heavy atom. The van der Waals surface area contributed by atoms with E-state index in [1.807, 2.05) is 0 Å². The molecule has 0 fully saturated rings. The summed E-state index contributed by atoms with van der Waals surface area (Å²) >= 11 is 11.8.